The summed E-state index contributed by atoms with van der Waals surface area (Å²) in [6, 6.07) is 9.90. The number of benzene rings is 1. The molecule has 1 aromatic rings. The average molecular weight is 326 g/mol. The smallest absolute Gasteiger partial charge is 0.326 e. The number of rotatable bonds is 3. The maximum absolute atomic E-state index is 12.9. The van der Waals surface area contributed by atoms with Gasteiger partial charge in [0.1, 0.15) is 0 Å². The molecule has 0 radical (unpaired) electrons. The molecule has 6 heteroatoms. The number of carbonyl (C=O) groups excluding carboxylic acids is 1. The molecule has 23 heavy (non-hydrogen) atoms. The number of alkyl halides is 3. The molecule has 1 aliphatic carbocycles. The second-order valence-corrected chi connectivity index (χ2v) is 6.59. The molecule has 1 amide bonds. The third-order valence-corrected chi connectivity index (χ3v) is 4.99. The van der Waals surface area contributed by atoms with E-state index in [0.717, 1.165) is 23.4 Å². The summed E-state index contributed by atoms with van der Waals surface area (Å²) in [5.41, 5.74) is 0.546. The van der Waals surface area contributed by atoms with Crippen molar-refractivity contribution in [3.8, 4) is 0 Å². The topological polar surface area (TPSA) is 23.6 Å². The summed E-state index contributed by atoms with van der Waals surface area (Å²) in [4.78, 5) is 15.1. The van der Waals surface area contributed by atoms with Crippen LogP contribution in [0.1, 0.15) is 31.7 Å². The van der Waals surface area contributed by atoms with Crippen molar-refractivity contribution >= 4 is 5.91 Å². The van der Waals surface area contributed by atoms with E-state index in [1.165, 1.54) is 0 Å². The van der Waals surface area contributed by atoms with Gasteiger partial charge in [-0.3, -0.25) is 9.69 Å². The van der Waals surface area contributed by atoms with E-state index in [2.05, 4.69) is 4.90 Å². The lowest BCUT2D eigenvalue weighted by Crippen LogP contribution is -2.63. The summed E-state index contributed by atoms with van der Waals surface area (Å²) >= 11 is 0. The number of carbonyl (C=O) groups is 1. The van der Waals surface area contributed by atoms with Gasteiger partial charge in [-0.05, 0) is 24.8 Å². The predicted octanol–water partition coefficient (Wildman–Crippen LogP) is 3.20. The lowest BCUT2D eigenvalue weighted by Gasteiger charge is -2.47. The van der Waals surface area contributed by atoms with Crippen molar-refractivity contribution in [1.29, 1.82) is 0 Å². The SMILES string of the molecule is CC[C@@H]1CN(C(=O)C(F)(F)F)C2(CC2)CN1Cc1ccccc1. The molecule has 126 valence electrons. The molecule has 1 saturated carbocycles. The summed E-state index contributed by atoms with van der Waals surface area (Å²) < 4.78 is 38.6. The fraction of sp³-hybridized carbons (Fsp3) is 0.588. The van der Waals surface area contributed by atoms with Crippen molar-refractivity contribution in [2.75, 3.05) is 13.1 Å². The number of hydrogen-bond donors (Lipinski definition) is 0. The van der Waals surface area contributed by atoms with Crippen LogP contribution in [-0.2, 0) is 11.3 Å². The van der Waals surface area contributed by atoms with Crippen molar-refractivity contribution in [3.05, 3.63) is 35.9 Å². The largest absolute Gasteiger partial charge is 0.471 e. The molecule has 1 heterocycles. The number of nitrogens with zero attached hydrogens (tertiary/aromatic N) is 2. The molecule has 2 fully saturated rings. The van der Waals surface area contributed by atoms with Gasteiger partial charge in [0.25, 0.3) is 0 Å². The molecule has 0 N–H and O–H groups in total. The van der Waals surface area contributed by atoms with Crippen LogP contribution in [0.5, 0.6) is 0 Å². The number of amides is 1. The molecule has 1 saturated heterocycles. The Bertz CT molecular complexity index is 569. The van der Waals surface area contributed by atoms with E-state index in [0.29, 0.717) is 19.4 Å². The Morgan fingerprint density at radius 2 is 1.91 bits per heavy atom. The van der Waals surface area contributed by atoms with E-state index >= 15 is 0 Å². The van der Waals surface area contributed by atoms with E-state index in [-0.39, 0.29) is 12.6 Å². The molecule has 2 aliphatic rings. The first-order chi connectivity index (χ1) is 10.9. The van der Waals surface area contributed by atoms with Gasteiger partial charge in [0.2, 0.25) is 0 Å². The Balaban J connectivity index is 1.78. The number of hydrogen-bond acceptors (Lipinski definition) is 2. The summed E-state index contributed by atoms with van der Waals surface area (Å²) in [6.07, 6.45) is -2.73. The molecule has 3 nitrogen and oxygen atoms in total. The summed E-state index contributed by atoms with van der Waals surface area (Å²) in [5.74, 6) is -1.67. The first-order valence-electron chi connectivity index (χ1n) is 8.02. The van der Waals surface area contributed by atoms with Crippen LogP contribution >= 0.6 is 0 Å². The minimum Gasteiger partial charge on any atom is -0.326 e. The Labute approximate surface area is 134 Å². The Kier molecular flexibility index (Phi) is 4.12. The van der Waals surface area contributed by atoms with Crippen molar-refractivity contribution in [1.82, 2.24) is 9.80 Å². The van der Waals surface area contributed by atoms with Crippen LogP contribution in [-0.4, -0.2) is 46.6 Å². The van der Waals surface area contributed by atoms with Gasteiger partial charge in [-0.15, -0.1) is 0 Å². The molecule has 0 aromatic heterocycles. The highest BCUT2D eigenvalue weighted by Gasteiger charge is 2.59. The van der Waals surface area contributed by atoms with Gasteiger partial charge in [-0.2, -0.15) is 13.2 Å². The van der Waals surface area contributed by atoms with Crippen molar-refractivity contribution < 1.29 is 18.0 Å². The summed E-state index contributed by atoms with van der Waals surface area (Å²) in [5, 5.41) is 0. The fourth-order valence-electron chi connectivity index (χ4n) is 3.53. The van der Waals surface area contributed by atoms with Gasteiger partial charge in [-0.25, -0.2) is 0 Å². The minimum absolute atomic E-state index is 0.0345. The molecule has 1 aromatic carbocycles. The van der Waals surface area contributed by atoms with Crippen LogP contribution in [0.3, 0.4) is 0 Å². The third kappa shape index (κ3) is 3.22. The zero-order valence-corrected chi connectivity index (χ0v) is 13.1. The zero-order valence-electron chi connectivity index (χ0n) is 13.1. The zero-order chi connectivity index (χ0) is 16.7. The molecule has 3 rings (SSSR count). The molecule has 1 aliphatic heterocycles. The summed E-state index contributed by atoms with van der Waals surface area (Å²) in [6.45, 7) is 3.38. The maximum Gasteiger partial charge on any atom is 0.471 e. The van der Waals surface area contributed by atoms with E-state index in [1.54, 1.807) is 0 Å². The lowest BCUT2D eigenvalue weighted by atomic mass is 10.0. The number of piperazine rings is 1. The normalized spacial score (nSPS) is 24.0. The lowest BCUT2D eigenvalue weighted by molar-refractivity contribution is -0.193. The van der Waals surface area contributed by atoms with Gasteiger partial charge in [0.15, 0.2) is 0 Å². The van der Waals surface area contributed by atoms with E-state index < -0.39 is 17.6 Å². The van der Waals surface area contributed by atoms with Crippen LogP contribution in [0.4, 0.5) is 13.2 Å². The second kappa shape index (κ2) is 5.82. The second-order valence-electron chi connectivity index (χ2n) is 6.59. The van der Waals surface area contributed by atoms with Gasteiger partial charge in [0, 0.05) is 25.7 Å². The molecular formula is C17H21F3N2O. The van der Waals surface area contributed by atoms with Gasteiger partial charge >= 0.3 is 12.1 Å². The first-order valence-corrected chi connectivity index (χ1v) is 8.02. The maximum atomic E-state index is 12.9. The Morgan fingerprint density at radius 1 is 1.26 bits per heavy atom. The highest BCUT2D eigenvalue weighted by molar-refractivity contribution is 5.83. The van der Waals surface area contributed by atoms with Gasteiger partial charge in [-0.1, -0.05) is 37.3 Å². The average Bonchev–Trinajstić information content (AvgIpc) is 3.27. The van der Waals surface area contributed by atoms with Crippen LogP contribution < -0.4 is 0 Å². The first kappa shape index (κ1) is 16.3. The van der Waals surface area contributed by atoms with Crippen molar-refractivity contribution in [3.63, 3.8) is 0 Å². The van der Waals surface area contributed by atoms with E-state index in [9.17, 15) is 18.0 Å². The van der Waals surface area contributed by atoms with Gasteiger partial charge < -0.3 is 4.90 Å². The predicted molar refractivity (Wildman–Crippen MR) is 80.7 cm³/mol. The van der Waals surface area contributed by atoms with E-state index in [1.807, 2.05) is 37.3 Å². The highest BCUT2D eigenvalue weighted by atomic mass is 19.4. The van der Waals surface area contributed by atoms with Crippen molar-refractivity contribution in [2.45, 2.75) is 50.5 Å². The molecule has 1 spiro atoms. The fourth-order valence-corrected chi connectivity index (χ4v) is 3.53. The number of halogens is 3. The highest BCUT2D eigenvalue weighted by Crippen LogP contribution is 2.47. The molecule has 0 bridgehead atoms. The minimum atomic E-state index is -4.78. The monoisotopic (exact) mass is 326 g/mol. The van der Waals surface area contributed by atoms with Gasteiger partial charge in [0.05, 0.1) is 5.54 Å². The quantitative estimate of drug-likeness (QED) is 0.851. The van der Waals surface area contributed by atoms with Crippen LogP contribution in [0.15, 0.2) is 30.3 Å². The van der Waals surface area contributed by atoms with Crippen LogP contribution in [0.25, 0.3) is 0 Å². The molecular weight excluding hydrogens is 305 g/mol. The standard InChI is InChI=1S/C17H21F3N2O/c1-2-14-11-22(15(23)17(18,19)20)16(8-9-16)12-21(14)10-13-6-4-3-5-7-13/h3-7,14H,2,8-12H2,1H3/t14-/m1/s1. The summed E-state index contributed by atoms with van der Waals surface area (Å²) in [7, 11) is 0. The third-order valence-electron chi connectivity index (χ3n) is 4.99. The Hall–Kier alpha value is -1.56. The van der Waals surface area contributed by atoms with E-state index in [4.69, 9.17) is 0 Å². The van der Waals surface area contributed by atoms with Crippen LogP contribution in [0, 0.1) is 0 Å². The Morgan fingerprint density at radius 3 is 2.43 bits per heavy atom. The van der Waals surface area contributed by atoms with Crippen molar-refractivity contribution in [2.24, 2.45) is 0 Å². The molecule has 1 atom stereocenters. The molecule has 0 unspecified atom stereocenters. The van der Waals surface area contributed by atoms with Crippen LogP contribution in [0.2, 0.25) is 0 Å².